The molecule has 0 bridgehead atoms. The average molecular weight is 573 g/mol. The van der Waals surface area contributed by atoms with Gasteiger partial charge in [0, 0.05) is 36.3 Å². The Kier molecular flexibility index (Phi) is 8.12. The number of aryl methyl sites for hydroxylation is 1. The highest BCUT2D eigenvalue weighted by Gasteiger charge is 2.47. The molecule has 14 heteroatoms. The lowest BCUT2D eigenvalue weighted by atomic mass is 9.71. The van der Waals surface area contributed by atoms with E-state index < -0.39 is 53.0 Å². The van der Waals surface area contributed by atoms with Crippen molar-refractivity contribution in [1.29, 1.82) is 0 Å². The number of likely N-dealkylation sites (tertiary alicyclic amines) is 1. The van der Waals surface area contributed by atoms with E-state index >= 15 is 4.39 Å². The Hall–Kier alpha value is -3.32. The van der Waals surface area contributed by atoms with E-state index in [0.29, 0.717) is 17.7 Å². The Morgan fingerprint density at radius 2 is 2.03 bits per heavy atom. The number of halogens is 6. The van der Waals surface area contributed by atoms with Crippen LogP contribution in [0.5, 0.6) is 0 Å². The third-order valence-corrected chi connectivity index (χ3v) is 7.28. The number of carboxylic acids is 1. The lowest BCUT2D eigenvalue weighted by Crippen LogP contribution is -2.50. The molecule has 8 nitrogen and oxygen atoms in total. The molecule has 0 saturated carbocycles. The molecule has 3 aromatic rings. The normalized spacial score (nSPS) is 20.3. The van der Waals surface area contributed by atoms with Gasteiger partial charge in [-0.2, -0.15) is 18.3 Å². The summed E-state index contributed by atoms with van der Waals surface area (Å²) in [7, 11) is 0. The molecule has 3 N–H and O–H groups in total. The number of aromatic nitrogens is 4. The molecule has 3 heterocycles. The number of rotatable bonds is 8. The fourth-order valence-electron chi connectivity index (χ4n) is 4.92. The number of aromatic amines is 1. The number of carbonyl (C=O) groups is 1. The number of hydrogen-bond donors (Lipinski definition) is 3. The molecule has 4 rings (SSSR count). The van der Waals surface area contributed by atoms with Crippen molar-refractivity contribution in [3.63, 3.8) is 0 Å². The molecule has 210 valence electrons. The van der Waals surface area contributed by atoms with Crippen LogP contribution in [0.4, 0.5) is 33.7 Å². The molecular formula is C25H26ClF5N6O2. The molecule has 0 spiro atoms. The SMILES string of the molecule is CC[C@@H]1C[C@](Cc2nc(Nc3cc(C)[nH]n3)nc(C(F)(F)F)c2F)(C(=O)O)CCN1Cc1cccc(Cl)c1F. The number of piperidine rings is 1. The first-order chi connectivity index (χ1) is 18.3. The number of nitrogens with one attached hydrogen (secondary N) is 2. The van der Waals surface area contributed by atoms with Gasteiger partial charge in [-0.15, -0.1) is 0 Å². The number of carboxylic acid groups (broad SMARTS) is 1. The zero-order valence-electron chi connectivity index (χ0n) is 21.0. The zero-order chi connectivity index (χ0) is 28.5. The molecular weight excluding hydrogens is 547 g/mol. The van der Waals surface area contributed by atoms with E-state index in [1.54, 1.807) is 19.1 Å². The lowest BCUT2D eigenvalue weighted by molar-refractivity contribution is -0.154. The quantitative estimate of drug-likeness (QED) is 0.289. The Labute approximate surface area is 225 Å². The van der Waals surface area contributed by atoms with Crippen LogP contribution in [0.25, 0.3) is 0 Å². The lowest BCUT2D eigenvalue weighted by Gasteiger charge is -2.44. The summed E-state index contributed by atoms with van der Waals surface area (Å²) in [5, 5.41) is 19.2. The zero-order valence-corrected chi connectivity index (χ0v) is 21.8. The van der Waals surface area contributed by atoms with Crippen LogP contribution >= 0.6 is 11.6 Å². The van der Waals surface area contributed by atoms with Crippen LogP contribution < -0.4 is 5.32 Å². The average Bonchev–Trinajstić information content (AvgIpc) is 3.28. The van der Waals surface area contributed by atoms with Gasteiger partial charge >= 0.3 is 12.1 Å². The van der Waals surface area contributed by atoms with Crippen molar-refractivity contribution >= 4 is 29.3 Å². The van der Waals surface area contributed by atoms with Crippen molar-refractivity contribution in [1.82, 2.24) is 25.1 Å². The van der Waals surface area contributed by atoms with Gasteiger partial charge in [0.2, 0.25) is 5.95 Å². The van der Waals surface area contributed by atoms with Gasteiger partial charge in [-0.3, -0.25) is 14.8 Å². The van der Waals surface area contributed by atoms with Crippen LogP contribution in [0, 0.1) is 24.0 Å². The second-order valence-corrected chi connectivity index (χ2v) is 10.1. The van der Waals surface area contributed by atoms with Crippen LogP contribution in [-0.4, -0.2) is 48.7 Å². The Morgan fingerprint density at radius 3 is 2.64 bits per heavy atom. The summed E-state index contributed by atoms with van der Waals surface area (Å²) in [6, 6.07) is 5.73. The highest BCUT2D eigenvalue weighted by molar-refractivity contribution is 6.30. The van der Waals surface area contributed by atoms with Gasteiger partial charge in [-0.1, -0.05) is 30.7 Å². The third-order valence-electron chi connectivity index (χ3n) is 6.99. The van der Waals surface area contributed by atoms with Gasteiger partial charge in [0.1, 0.15) is 5.82 Å². The van der Waals surface area contributed by atoms with Crippen molar-refractivity contribution in [3.05, 3.63) is 63.6 Å². The highest BCUT2D eigenvalue weighted by Crippen LogP contribution is 2.42. The number of nitrogens with zero attached hydrogens (tertiary/aromatic N) is 4. The minimum atomic E-state index is -5.15. The molecule has 1 aromatic carbocycles. The van der Waals surface area contributed by atoms with Crippen LogP contribution in [0.3, 0.4) is 0 Å². The largest absolute Gasteiger partial charge is 0.481 e. The smallest absolute Gasteiger partial charge is 0.436 e. The van der Waals surface area contributed by atoms with E-state index in [0.717, 1.165) is 0 Å². The van der Waals surface area contributed by atoms with Gasteiger partial charge in [0.05, 0.1) is 16.1 Å². The topological polar surface area (TPSA) is 107 Å². The van der Waals surface area contributed by atoms with E-state index in [-0.39, 0.29) is 42.8 Å². The Bertz CT molecular complexity index is 1370. The minimum Gasteiger partial charge on any atom is -0.481 e. The van der Waals surface area contributed by atoms with Gasteiger partial charge < -0.3 is 10.4 Å². The van der Waals surface area contributed by atoms with Crippen LogP contribution in [0.2, 0.25) is 5.02 Å². The summed E-state index contributed by atoms with van der Waals surface area (Å²) in [6.45, 7) is 3.85. The van der Waals surface area contributed by atoms with Crippen LogP contribution in [-0.2, 0) is 23.9 Å². The summed E-state index contributed by atoms with van der Waals surface area (Å²) < 4.78 is 70.7. The van der Waals surface area contributed by atoms with Crippen LogP contribution in [0.15, 0.2) is 24.3 Å². The van der Waals surface area contributed by atoms with Gasteiger partial charge in [-0.25, -0.2) is 18.7 Å². The molecule has 0 radical (unpaired) electrons. The minimum absolute atomic E-state index is 0.00681. The summed E-state index contributed by atoms with van der Waals surface area (Å²) in [4.78, 5) is 21.7. The first-order valence-corrected chi connectivity index (χ1v) is 12.5. The van der Waals surface area contributed by atoms with Gasteiger partial charge in [0.15, 0.2) is 17.3 Å². The fraction of sp³-hybridized carbons (Fsp3) is 0.440. The summed E-state index contributed by atoms with van der Waals surface area (Å²) >= 11 is 5.89. The number of anilines is 2. The molecule has 2 atom stereocenters. The second-order valence-electron chi connectivity index (χ2n) is 9.68. The van der Waals surface area contributed by atoms with Gasteiger partial charge in [0.25, 0.3) is 0 Å². The Morgan fingerprint density at radius 1 is 1.28 bits per heavy atom. The first kappa shape index (κ1) is 28.7. The number of aliphatic carboxylic acids is 1. The number of benzene rings is 1. The van der Waals surface area contributed by atoms with Gasteiger partial charge in [-0.05, 0) is 38.8 Å². The second kappa shape index (κ2) is 11.0. The highest BCUT2D eigenvalue weighted by atomic mass is 35.5. The van der Waals surface area contributed by atoms with Crippen molar-refractivity contribution in [2.45, 2.75) is 58.3 Å². The maximum absolute atomic E-state index is 15.2. The number of H-pyrrole nitrogens is 1. The molecule has 39 heavy (non-hydrogen) atoms. The summed E-state index contributed by atoms with van der Waals surface area (Å²) in [5.74, 6) is -4.02. The predicted octanol–water partition coefficient (Wildman–Crippen LogP) is 5.89. The first-order valence-electron chi connectivity index (χ1n) is 12.2. The molecule has 1 fully saturated rings. The third kappa shape index (κ3) is 6.14. The van der Waals surface area contributed by atoms with Crippen molar-refractivity contribution in [2.75, 3.05) is 11.9 Å². The van der Waals surface area contributed by atoms with E-state index in [1.807, 2.05) is 11.8 Å². The monoisotopic (exact) mass is 572 g/mol. The van der Waals surface area contributed by atoms with E-state index in [2.05, 4.69) is 25.5 Å². The van der Waals surface area contributed by atoms with Crippen molar-refractivity contribution < 1.29 is 31.9 Å². The van der Waals surface area contributed by atoms with E-state index in [4.69, 9.17) is 11.6 Å². The maximum Gasteiger partial charge on any atom is 0.436 e. The molecule has 0 aliphatic carbocycles. The van der Waals surface area contributed by atoms with E-state index in [9.17, 15) is 27.5 Å². The van der Waals surface area contributed by atoms with Crippen molar-refractivity contribution in [3.8, 4) is 0 Å². The van der Waals surface area contributed by atoms with Crippen LogP contribution in [0.1, 0.15) is 48.8 Å². The molecule has 1 aliphatic rings. The molecule has 0 amide bonds. The fourth-order valence-corrected chi connectivity index (χ4v) is 5.12. The van der Waals surface area contributed by atoms with E-state index in [1.165, 1.54) is 12.1 Å². The summed E-state index contributed by atoms with van der Waals surface area (Å²) in [6.07, 6.45) is -5.29. The predicted molar refractivity (Wildman–Crippen MR) is 133 cm³/mol. The number of alkyl halides is 3. The molecule has 0 unspecified atom stereocenters. The molecule has 1 aliphatic heterocycles. The standard InChI is InChI=1S/C25H26ClF5N6O2/c1-3-15-10-24(22(38)39,7-8-37(15)12-14-5-4-6-16(26)19(14)27)11-17-20(28)21(25(29,30)31)34-23(32-17)33-18-9-13(2)35-36-18/h4-6,9,15H,3,7-8,10-12H2,1-2H3,(H,38,39)(H2,32,33,34,35,36)/t15-,24-/m1/s1. The maximum atomic E-state index is 15.2. The molecule has 1 saturated heterocycles. The van der Waals surface area contributed by atoms with Crippen molar-refractivity contribution in [2.24, 2.45) is 5.41 Å². The molecule has 2 aromatic heterocycles. The summed E-state index contributed by atoms with van der Waals surface area (Å²) in [5.41, 5.74) is -3.13. The number of hydrogen-bond acceptors (Lipinski definition) is 6. The Balaban J connectivity index is 1.65.